The van der Waals surface area contributed by atoms with Crippen LogP contribution in [0.25, 0.3) is 0 Å². The molecule has 0 unspecified atom stereocenters. The Balaban J connectivity index is 0.000000431. The van der Waals surface area contributed by atoms with Gasteiger partial charge in [0.2, 0.25) is 0 Å². The molecule has 1 saturated heterocycles. The van der Waals surface area contributed by atoms with E-state index in [0.29, 0.717) is 12.0 Å². The summed E-state index contributed by atoms with van der Waals surface area (Å²) in [6, 6.07) is 4.39. The molecule has 0 aromatic heterocycles. The third kappa shape index (κ3) is 4.91. The molecule has 10 heteroatoms. The minimum Gasteiger partial charge on any atom is -0.485 e. The van der Waals surface area contributed by atoms with Crippen molar-refractivity contribution in [3.05, 3.63) is 33.9 Å². The molecule has 1 aromatic carbocycles. The first-order valence-corrected chi connectivity index (χ1v) is 10.1. The molecule has 1 aromatic rings. The molecule has 1 fully saturated rings. The summed E-state index contributed by atoms with van der Waals surface area (Å²) in [5, 5.41) is 21.7. The first kappa shape index (κ1) is 20.6. The van der Waals surface area contributed by atoms with Crippen LogP contribution >= 0.6 is 0 Å². The van der Waals surface area contributed by atoms with E-state index in [1.807, 2.05) is 13.8 Å². The summed E-state index contributed by atoms with van der Waals surface area (Å²) in [6.45, 7) is 5.51. The van der Waals surface area contributed by atoms with E-state index in [4.69, 9.17) is 9.29 Å². The second-order valence-corrected chi connectivity index (χ2v) is 8.52. The van der Waals surface area contributed by atoms with Crippen molar-refractivity contribution in [1.82, 2.24) is 4.90 Å². The van der Waals surface area contributed by atoms with Crippen LogP contribution in [-0.4, -0.2) is 59.0 Å². The van der Waals surface area contributed by atoms with Crippen LogP contribution in [0.3, 0.4) is 0 Å². The van der Waals surface area contributed by atoms with Crippen molar-refractivity contribution in [3.63, 3.8) is 0 Å². The number of nitro groups is 1. The quantitative estimate of drug-likeness (QED) is 0.445. The van der Waals surface area contributed by atoms with E-state index in [1.54, 1.807) is 6.07 Å². The number of aliphatic hydroxyl groups is 1. The zero-order chi connectivity index (χ0) is 19.7. The number of nitrogens with zero attached hydrogens (tertiary/aromatic N) is 2. The summed E-state index contributed by atoms with van der Waals surface area (Å²) in [6.07, 6.45) is 2.18. The van der Waals surface area contributed by atoms with E-state index < -0.39 is 26.7 Å². The van der Waals surface area contributed by atoms with Crippen molar-refractivity contribution in [3.8, 4) is 5.75 Å². The number of likely N-dealkylation sites (tertiary alicyclic amines) is 1. The van der Waals surface area contributed by atoms with Gasteiger partial charge in [-0.3, -0.25) is 19.6 Å². The van der Waals surface area contributed by atoms with Gasteiger partial charge in [-0.25, -0.2) is 0 Å². The van der Waals surface area contributed by atoms with Crippen LogP contribution in [0, 0.1) is 10.1 Å². The predicted molar refractivity (Wildman–Crippen MR) is 94.8 cm³/mol. The standard InChI is InChI=1S/C15H20N2O4.CH4O3S/c1-15(2)14(18)13(16-7-3-4-8-16)11-9-10(17(19)20)5-6-12(11)21-15;1-5(2,3)4/h5-6,9,13-14,18H,3-4,7-8H2,1-2H3;1H3,(H,2,3,4)/t13-,14+;/m1./s1. The van der Waals surface area contributed by atoms with Crippen molar-refractivity contribution in [2.75, 3.05) is 19.3 Å². The molecule has 0 saturated carbocycles. The number of fused-ring (bicyclic) bond motifs is 1. The molecule has 3 rings (SSSR count). The summed E-state index contributed by atoms with van der Waals surface area (Å²) in [5.41, 5.74) is 0.0440. The predicted octanol–water partition coefficient (Wildman–Crippen LogP) is 1.77. The monoisotopic (exact) mass is 388 g/mol. The van der Waals surface area contributed by atoms with Gasteiger partial charge in [-0.05, 0) is 45.8 Å². The highest BCUT2D eigenvalue weighted by atomic mass is 32.2. The smallest absolute Gasteiger partial charge is 0.270 e. The van der Waals surface area contributed by atoms with E-state index in [1.165, 1.54) is 12.1 Å². The lowest BCUT2D eigenvalue weighted by atomic mass is 9.85. The van der Waals surface area contributed by atoms with Gasteiger partial charge in [0.1, 0.15) is 17.5 Å². The lowest BCUT2D eigenvalue weighted by Gasteiger charge is -2.45. The first-order valence-electron chi connectivity index (χ1n) is 8.22. The number of rotatable bonds is 2. The molecule has 2 heterocycles. The Morgan fingerprint density at radius 2 is 1.85 bits per heavy atom. The molecular weight excluding hydrogens is 364 g/mol. The maximum Gasteiger partial charge on any atom is 0.270 e. The Labute approximate surface area is 152 Å². The minimum atomic E-state index is -3.67. The van der Waals surface area contributed by atoms with Gasteiger partial charge in [-0.2, -0.15) is 8.42 Å². The van der Waals surface area contributed by atoms with E-state index in [9.17, 15) is 23.6 Å². The molecule has 0 aliphatic carbocycles. The van der Waals surface area contributed by atoms with Gasteiger partial charge in [-0.15, -0.1) is 0 Å². The third-order valence-corrected chi connectivity index (χ3v) is 4.44. The van der Waals surface area contributed by atoms with Crippen molar-refractivity contribution >= 4 is 15.8 Å². The molecule has 0 radical (unpaired) electrons. The zero-order valence-electron chi connectivity index (χ0n) is 15.0. The molecule has 26 heavy (non-hydrogen) atoms. The lowest BCUT2D eigenvalue weighted by Crippen LogP contribution is -2.53. The van der Waals surface area contributed by atoms with Gasteiger partial charge < -0.3 is 9.84 Å². The summed E-state index contributed by atoms with van der Waals surface area (Å²) in [5.74, 6) is 0.632. The highest BCUT2D eigenvalue weighted by Crippen LogP contribution is 2.44. The van der Waals surface area contributed by atoms with E-state index in [-0.39, 0.29) is 11.7 Å². The minimum absolute atomic E-state index is 0.0356. The van der Waals surface area contributed by atoms with Crippen molar-refractivity contribution in [2.45, 2.75) is 44.4 Å². The fourth-order valence-corrected chi connectivity index (χ4v) is 3.28. The van der Waals surface area contributed by atoms with Crippen LogP contribution in [0.15, 0.2) is 18.2 Å². The highest BCUT2D eigenvalue weighted by molar-refractivity contribution is 7.85. The van der Waals surface area contributed by atoms with Crippen LogP contribution in [0.4, 0.5) is 5.69 Å². The average Bonchev–Trinajstić information content (AvgIpc) is 3.00. The van der Waals surface area contributed by atoms with Crippen molar-refractivity contribution in [2.24, 2.45) is 0 Å². The van der Waals surface area contributed by atoms with E-state index in [2.05, 4.69) is 4.90 Å². The maximum atomic E-state index is 11.0. The number of aliphatic hydroxyl groups excluding tert-OH is 1. The SMILES string of the molecule is CC1(C)Oc2ccc([N+](=O)[O-])cc2[C@@H](N2CCCC2)[C@@H]1O.CS(=O)(=O)O. The number of nitro benzene ring substituents is 1. The average molecular weight is 388 g/mol. The van der Waals surface area contributed by atoms with Crippen molar-refractivity contribution < 1.29 is 27.7 Å². The summed E-state index contributed by atoms with van der Waals surface area (Å²) >= 11 is 0. The Bertz CT molecular complexity index is 765. The second kappa shape index (κ2) is 7.47. The molecule has 9 nitrogen and oxygen atoms in total. The maximum absolute atomic E-state index is 11.0. The molecule has 0 amide bonds. The largest absolute Gasteiger partial charge is 0.485 e. The molecule has 0 bridgehead atoms. The van der Waals surface area contributed by atoms with Gasteiger partial charge in [0, 0.05) is 17.7 Å². The Morgan fingerprint density at radius 1 is 1.31 bits per heavy atom. The molecule has 2 atom stereocenters. The van der Waals surface area contributed by atoms with Gasteiger partial charge >= 0.3 is 0 Å². The van der Waals surface area contributed by atoms with Gasteiger partial charge in [0.15, 0.2) is 0 Å². The summed E-state index contributed by atoms with van der Waals surface area (Å²) in [4.78, 5) is 12.8. The topological polar surface area (TPSA) is 130 Å². The molecule has 2 N–H and O–H groups in total. The lowest BCUT2D eigenvalue weighted by molar-refractivity contribution is -0.385. The number of ether oxygens (including phenoxy) is 1. The highest BCUT2D eigenvalue weighted by Gasteiger charge is 2.46. The Hall–Kier alpha value is -1.75. The van der Waals surface area contributed by atoms with Gasteiger partial charge in [0.25, 0.3) is 15.8 Å². The van der Waals surface area contributed by atoms with Crippen LogP contribution in [0.1, 0.15) is 38.3 Å². The number of benzene rings is 1. The molecule has 146 valence electrons. The third-order valence-electron chi connectivity index (χ3n) is 4.44. The second-order valence-electron chi connectivity index (χ2n) is 7.05. The van der Waals surface area contributed by atoms with Crippen LogP contribution in [0.5, 0.6) is 5.75 Å². The fourth-order valence-electron chi connectivity index (χ4n) is 3.28. The Morgan fingerprint density at radius 3 is 2.35 bits per heavy atom. The Kier molecular flexibility index (Phi) is 5.91. The fraction of sp³-hybridized carbons (Fsp3) is 0.625. The van der Waals surface area contributed by atoms with Crippen LogP contribution in [0.2, 0.25) is 0 Å². The number of non-ortho nitro benzene ring substituents is 1. The molecule has 0 spiro atoms. The first-order chi connectivity index (χ1) is 11.9. The summed E-state index contributed by atoms with van der Waals surface area (Å²) < 4.78 is 31.7. The van der Waals surface area contributed by atoms with Crippen LogP contribution < -0.4 is 4.74 Å². The zero-order valence-corrected chi connectivity index (χ0v) is 15.8. The number of hydrogen-bond donors (Lipinski definition) is 2. The van der Waals surface area contributed by atoms with Gasteiger partial charge in [-0.1, -0.05) is 0 Å². The molecular formula is C16H24N2O7S. The van der Waals surface area contributed by atoms with E-state index in [0.717, 1.165) is 31.5 Å². The normalized spacial score (nSPS) is 24.8. The molecule has 2 aliphatic heterocycles. The van der Waals surface area contributed by atoms with E-state index >= 15 is 0 Å². The number of hydrogen-bond acceptors (Lipinski definition) is 7. The van der Waals surface area contributed by atoms with Gasteiger partial charge in [0.05, 0.1) is 17.2 Å². The van der Waals surface area contributed by atoms with Crippen molar-refractivity contribution in [1.29, 1.82) is 0 Å². The summed E-state index contributed by atoms with van der Waals surface area (Å²) in [7, 11) is -3.67. The van der Waals surface area contributed by atoms with Crippen LogP contribution in [-0.2, 0) is 10.1 Å². The molecule has 2 aliphatic rings.